The molecule has 1 heterocycles. The Morgan fingerprint density at radius 3 is 2.46 bits per heavy atom. The fourth-order valence-electron chi connectivity index (χ4n) is 2.40. The Morgan fingerprint density at radius 1 is 1.31 bits per heavy atom. The van der Waals surface area contributed by atoms with Crippen molar-refractivity contribution in [1.82, 2.24) is 15.1 Å². The van der Waals surface area contributed by atoms with Gasteiger partial charge in [0.1, 0.15) is 5.69 Å². The monoisotopic (exact) mass is 370 g/mol. The van der Waals surface area contributed by atoms with E-state index >= 15 is 0 Å². The molecule has 2 unspecified atom stereocenters. The first-order valence-electron chi connectivity index (χ1n) is 7.52. The summed E-state index contributed by atoms with van der Waals surface area (Å²) in [6.07, 6.45) is -7.17. The summed E-state index contributed by atoms with van der Waals surface area (Å²) in [4.78, 5) is 23.6. The molecule has 2 aromatic rings. The lowest BCUT2D eigenvalue weighted by atomic mass is 10.0. The summed E-state index contributed by atoms with van der Waals surface area (Å²) in [5.41, 5.74) is 5.71. The van der Waals surface area contributed by atoms with Gasteiger partial charge in [-0.3, -0.25) is 14.3 Å². The molecule has 0 radical (unpaired) electrons. The van der Waals surface area contributed by atoms with Crippen LogP contribution in [0.25, 0.3) is 11.3 Å². The van der Waals surface area contributed by atoms with Gasteiger partial charge in [-0.2, -0.15) is 18.3 Å². The third-order valence-electron chi connectivity index (χ3n) is 3.56. The highest BCUT2D eigenvalue weighted by Gasteiger charge is 2.38. The average Bonchev–Trinajstić information content (AvgIpc) is 2.95. The number of hydrogen-bond acceptors (Lipinski definition) is 4. The lowest BCUT2D eigenvalue weighted by Crippen LogP contribution is -2.51. The summed E-state index contributed by atoms with van der Waals surface area (Å²) < 4.78 is 39.4. The van der Waals surface area contributed by atoms with Crippen molar-refractivity contribution < 1.29 is 27.9 Å². The van der Waals surface area contributed by atoms with E-state index in [1.807, 2.05) is 5.32 Å². The minimum absolute atomic E-state index is 0.00236. The summed E-state index contributed by atoms with van der Waals surface area (Å²) in [6.45, 7) is 0. The molecular formula is C16H17F3N4O3. The van der Waals surface area contributed by atoms with Crippen LogP contribution in [0, 0.1) is 0 Å². The number of nitrogens with zero attached hydrogens (tertiary/aromatic N) is 2. The molecule has 7 nitrogen and oxygen atoms in total. The summed E-state index contributed by atoms with van der Waals surface area (Å²) in [6, 6.07) is 6.65. The number of carbonyl (C=O) groups excluding carboxylic acids is 2. The van der Waals surface area contributed by atoms with Crippen LogP contribution in [0.15, 0.2) is 36.5 Å². The predicted octanol–water partition coefficient (Wildman–Crippen LogP) is 0.984. The van der Waals surface area contributed by atoms with E-state index in [0.29, 0.717) is 5.56 Å². The number of alkyl halides is 3. The van der Waals surface area contributed by atoms with Crippen LogP contribution in [0.1, 0.15) is 16.8 Å². The molecule has 0 spiro atoms. The van der Waals surface area contributed by atoms with Gasteiger partial charge in [0, 0.05) is 18.8 Å². The maximum Gasteiger partial charge on any atom is 0.391 e. The van der Waals surface area contributed by atoms with Crippen molar-refractivity contribution in [2.75, 3.05) is 0 Å². The van der Waals surface area contributed by atoms with Gasteiger partial charge in [0.2, 0.25) is 5.91 Å². The minimum Gasteiger partial charge on any atom is -0.381 e. The van der Waals surface area contributed by atoms with E-state index in [-0.39, 0.29) is 11.3 Å². The first-order chi connectivity index (χ1) is 12.1. The van der Waals surface area contributed by atoms with Crippen molar-refractivity contribution in [3.8, 4) is 11.3 Å². The molecular weight excluding hydrogens is 353 g/mol. The molecule has 0 aliphatic heterocycles. The van der Waals surface area contributed by atoms with Gasteiger partial charge in [0.05, 0.1) is 18.0 Å². The Morgan fingerprint density at radius 2 is 1.92 bits per heavy atom. The van der Waals surface area contributed by atoms with Crippen molar-refractivity contribution in [3.63, 3.8) is 0 Å². The Kier molecular flexibility index (Phi) is 5.66. The van der Waals surface area contributed by atoms with E-state index in [1.165, 1.54) is 10.9 Å². The molecule has 0 saturated heterocycles. The number of primary amides is 1. The van der Waals surface area contributed by atoms with Crippen molar-refractivity contribution in [2.45, 2.75) is 24.7 Å². The number of amides is 2. The lowest BCUT2D eigenvalue weighted by Gasteiger charge is -2.23. The highest BCUT2D eigenvalue weighted by atomic mass is 19.4. The zero-order valence-electron chi connectivity index (χ0n) is 13.7. The molecule has 0 saturated carbocycles. The topological polar surface area (TPSA) is 110 Å². The van der Waals surface area contributed by atoms with Crippen LogP contribution in [0.2, 0.25) is 0 Å². The van der Waals surface area contributed by atoms with Gasteiger partial charge in [0.25, 0.3) is 5.91 Å². The number of aromatic nitrogens is 2. The lowest BCUT2D eigenvalue weighted by molar-refractivity contribution is -0.149. The standard InChI is InChI=1S/C16H17F3N4O3/c1-23-8-10(12(22-23)9-5-3-2-4-6-9)15(26)21-11(7-16(17,18)19)13(24)14(20)25/h2-6,8,11,13,24H,7H2,1H3,(H2,20,25)(H,21,26). The molecule has 2 atom stereocenters. The number of aryl methyl sites for hydroxylation is 1. The molecule has 0 bridgehead atoms. The van der Waals surface area contributed by atoms with Gasteiger partial charge in [-0.1, -0.05) is 30.3 Å². The van der Waals surface area contributed by atoms with E-state index in [1.54, 1.807) is 37.4 Å². The van der Waals surface area contributed by atoms with Crippen LogP contribution in [0.3, 0.4) is 0 Å². The SMILES string of the molecule is Cn1cc(C(=O)NC(CC(F)(F)F)C(O)C(N)=O)c(-c2ccccc2)n1. The zero-order valence-corrected chi connectivity index (χ0v) is 13.7. The van der Waals surface area contributed by atoms with E-state index in [0.717, 1.165) is 0 Å². The van der Waals surface area contributed by atoms with Gasteiger partial charge in [-0.05, 0) is 0 Å². The molecule has 4 N–H and O–H groups in total. The molecule has 2 rings (SSSR count). The fourth-order valence-corrected chi connectivity index (χ4v) is 2.40. The van der Waals surface area contributed by atoms with Gasteiger partial charge in [0.15, 0.2) is 6.10 Å². The van der Waals surface area contributed by atoms with Crippen molar-refractivity contribution in [3.05, 3.63) is 42.1 Å². The number of hydrogen-bond donors (Lipinski definition) is 3. The highest BCUT2D eigenvalue weighted by molar-refractivity contribution is 6.00. The third kappa shape index (κ3) is 4.82. The zero-order chi connectivity index (χ0) is 19.5. The minimum atomic E-state index is -4.72. The average molecular weight is 370 g/mol. The van der Waals surface area contributed by atoms with Crippen LogP contribution in [-0.2, 0) is 11.8 Å². The molecule has 0 fully saturated rings. The van der Waals surface area contributed by atoms with Crippen LogP contribution < -0.4 is 11.1 Å². The first-order valence-corrected chi connectivity index (χ1v) is 7.52. The van der Waals surface area contributed by atoms with Gasteiger partial charge >= 0.3 is 6.18 Å². The molecule has 140 valence electrons. The largest absolute Gasteiger partial charge is 0.391 e. The number of nitrogens with one attached hydrogen (secondary N) is 1. The van der Waals surface area contributed by atoms with Crippen LogP contribution in [0.4, 0.5) is 13.2 Å². The Labute approximate surface area is 146 Å². The van der Waals surface area contributed by atoms with Crippen LogP contribution in [0.5, 0.6) is 0 Å². The summed E-state index contributed by atoms with van der Waals surface area (Å²) >= 11 is 0. The molecule has 26 heavy (non-hydrogen) atoms. The van der Waals surface area contributed by atoms with Crippen molar-refractivity contribution in [2.24, 2.45) is 12.8 Å². The van der Waals surface area contributed by atoms with Gasteiger partial charge in [-0.15, -0.1) is 0 Å². The Bertz CT molecular complexity index is 790. The third-order valence-corrected chi connectivity index (χ3v) is 3.56. The summed E-state index contributed by atoms with van der Waals surface area (Å²) in [7, 11) is 1.55. The number of aliphatic hydroxyl groups is 1. The van der Waals surface area contributed by atoms with Crippen molar-refractivity contribution >= 4 is 11.8 Å². The number of halogens is 3. The maximum absolute atomic E-state index is 12.7. The first kappa shape index (κ1) is 19.4. The summed E-state index contributed by atoms with van der Waals surface area (Å²) in [5.74, 6) is -2.28. The second-order valence-electron chi connectivity index (χ2n) is 5.68. The van der Waals surface area contributed by atoms with E-state index in [9.17, 15) is 27.9 Å². The molecule has 10 heteroatoms. The predicted molar refractivity (Wildman–Crippen MR) is 85.8 cm³/mol. The quantitative estimate of drug-likeness (QED) is 0.704. The Balaban J connectivity index is 2.31. The molecule has 1 aromatic carbocycles. The molecule has 0 aliphatic carbocycles. The van der Waals surface area contributed by atoms with Crippen LogP contribution >= 0.6 is 0 Å². The molecule has 0 aliphatic rings. The maximum atomic E-state index is 12.7. The Hall–Kier alpha value is -2.88. The molecule has 2 amide bonds. The summed E-state index contributed by atoms with van der Waals surface area (Å²) in [5, 5.41) is 15.8. The van der Waals surface area contributed by atoms with E-state index < -0.39 is 36.6 Å². The van der Waals surface area contributed by atoms with Crippen molar-refractivity contribution in [1.29, 1.82) is 0 Å². The number of carbonyl (C=O) groups is 2. The second-order valence-corrected chi connectivity index (χ2v) is 5.68. The molecule has 1 aromatic heterocycles. The number of rotatable bonds is 6. The van der Waals surface area contributed by atoms with Crippen LogP contribution in [-0.4, -0.2) is 45.0 Å². The second kappa shape index (κ2) is 7.56. The number of aliphatic hydroxyl groups excluding tert-OH is 1. The van der Waals surface area contributed by atoms with E-state index in [2.05, 4.69) is 5.10 Å². The number of nitrogens with two attached hydrogens (primary N) is 1. The normalized spacial score (nSPS) is 13.9. The smallest absolute Gasteiger partial charge is 0.381 e. The van der Waals surface area contributed by atoms with Gasteiger partial charge in [-0.25, -0.2) is 0 Å². The fraction of sp³-hybridized carbons (Fsp3) is 0.312. The van der Waals surface area contributed by atoms with E-state index in [4.69, 9.17) is 5.73 Å². The highest BCUT2D eigenvalue weighted by Crippen LogP contribution is 2.25. The number of benzene rings is 1. The van der Waals surface area contributed by atoms with Gasteiger partial charge < -0.3 is 16.2 Å².